The highest BCUT2D eigenvalue weighted by atomic mass is 32.1. The van der Waals surface area contributed by atoms with E-state index in [1.54, 1.807) is 7.11 Å². The van der Waals surface area contributed by atoms with Crippen molar-refractivity contribution in [1.29, 1.82) is 0 Å². The Bertz CT molecular complexity index is 1040. The van der Waals surface area contributed by atoms with Gasteiger partial charge in [0.25, 0.3) is 5.91 Å². The molecule has 126 valence electrons. The predicted octanol–water partition coefficient (Wildman–Crippen LogP) is 3.32. The number of aryl methyl sites for hydroxylation is 1. The molecule has 1 heterocycles. The van der Waals surface area contributed by atoms with Gasteiger partial charge in [0.1, 0.15) is 5.75 Å². The second kappa shape index (κ2) is 7.37. The number of benzene rings is 2. The van der Waals surface area contributed by atoms with E-state index in [1.807, 2.05) is 54.0 Å². The molecular weight excluding hydrogens is 332 g/mol. The molecule has 0 aliphatic carbocycles. The lowest BCUT2D eigenvalue weighted by Gasteiger charge is -2.02. The number of fused-ring (bicyclic) bond motifs is 1. The Morgan fingerprint density at radius 2 is 2.16 bits per heavy atom. The number of aromatic nitrogens is 1. The van der Waals surface area contributed by atoms with Crippen LogP contribution in [-0.2, 0) is 17.8 Å². The summed E-state index contributed by atoms with van der Waals surface area (Å²) in [5, 5.41) is 0. The molecular formula is C20H18N2O2S. The molecule has 0 fully saturated rings. The molecule has 3 aromatic rings. The number of ether oxygens (including phenoxy) is 1. The minimum atomic E-state index is -0.185. The Labute approximate surface area is 150 Å². The van der Waals surface area contributed by atoms with Gasteiger partial charge in [-0.1, -0.05) is 47.1 Å². The van der Waals surface area contributed by atoms with Crippen LogP contribution in [0.3, 0.4) is 0 Å². The highest BCUT2D eigenvalue weighted by Gasteiger charge is 2.09. The first kappa shape index (κ1) is 17.0. The van der Waals surface area contributed by atoms with Crippen LogP contribution in [0.15, 0.2) is 47.5 Å². The van der Waals surface area contributed by atoms with E-state index in [0.29, 0.717) is 11.3 Å². The van der Waals surface area contributed by atoms with Crippen LogP contribution in [-0.4, -0.2) is 17.6 Å². The van der Waals surface area contributed by atoms with Crippen molar-refractivity contribution in [2.75, 3.05) is 7.11 Å². The first-order chi connectivity index (χ1) is 12.1. The third-order valence-electron chi connectivity index (χ3n) is 3.80. The summed E-state index contributed by atoms with van der Waals surface area (Å²) in [7, 11) is 1.63. The summed E-state index contributed by atoms with van der Waals surface area (Å²) in [5.41, 5.74) is 3.03. The third kappa shape index (κ3) is 3.81. The fraction of sp³-hybridized carbons (Fsp3) is 0.200. The van der Waals surface area contributed by atoms with Crippen molar-refractivity contribution in [1.82, 2.24) is 4.57 Å². The predicted molar refractivity (Wildman–Crippen MR) is 101 cm³/mol. The molecule has 4 nitrogen and oxygen atoms in total. The molecule has 3 rings (SSSR count). The zero-order valence-corrected chi connectivity index (χ0v) is 15.0. The van der Waals surface area contributed by atoms with Crippen LogP contribution in [0.5, 0.6) is 5.75 Å². The third-order valence-corrected chi connectivity index (χ3v) is 4.84. The van der Waals surface area contributed by atoms with Gasteiger partial charge in [-0.3, -0.25) is 4.79 Å². The number of thiazole rings is 1. The molecule has 0 N–H and O–H groups in total. The topological polar surface area (TPSA) is 43.6 Å². The molecule has 0 aliphatic rings. The number of terminal acetylenes is 1. The molecule has 2 aromatic carbocycles. The Morgan fingerprint density at radius 1 is 1.32 bits per heavy atom. The van der Waals surface area contributed by atoms with Crippen molar-refractivity contribution in [2.24, 2.45) is 4.99 Å². The molecule has 0 bridgehead atoms. The summed E-state index contributed by atoms with van der Waals surface area (Å²) in [5.74, 6) is 3.21. The summed E-state index contributed by atoms with van der Waals surface area (Å²) in [6.07, 6.45) is 5.76. The van der Waals surface area contributed by atoms with Crippen molar-refractivity contribution in [3.05, 3.63) is 58.4 Å². The Hall–Kier alpha value is -2.84. The number of nitrogens with zero attached hydrogens (tertiary/aromatic N) is 2. The van der Waals surface area contributed by atoms with Gasteiger partial charge in [-0.2, -0.15) is 4.99 Å². The highest BCUT2D eigenvalue weighted by Crippen LogP contribution is 2.23. The van der Waals surface area contributed by atoms with E-state index in [1.165, 1.54) is 11.3 Å². The number of carbonyl (C=O) groups is 1. The lowest BCUT2D eigenvalue weighted by Crippen LogP contribution is -2.17. The van der Waals surface area contributed by atoms with Gasteiger partial charge in [-0.05, 0) is 30.7 Å². The highest BCUT2D eigenvalue weighted by molar-refractivity contribution is 7.16. The number of amides is 1. The quantitative estimate of drug-likeness (QED) is 0.678. The summed E-state index contributed by atoms with van der Waals surface area (Å²) < 4.78 is 8.13. The minimum Gasteiger partial charge on any atom is -0.497 e. The fourth-order valence-corrected chi connectivity index (χ4v) is 3.73. The summed E-state index contributed by atoms with van der Waals surface area (Å²) in [4.78, 5) is 17.3. The van der Waals surface area contributed by atoms with Gasteiger partial charge in [0, 0.05) is 0 Å². The van der Waals surface area contributed by atoms with Crippen molar-refractivity contribution in [2.45, 2.75) is 19.9 Å². The van der Waals surface area contributed by atoms with Crippen LogP contribution in [0.25, 0.3) is 10.2 Å². The monoisotopic (exact) mass is 350 g/mol. The molecule has 0 aliphatic heterocycles. The Kier molecular flexibility index (Phi) is 5.01. The molecule has 0 spiro atoms. The van der Waals surface area contributed by atoms with E-state index in [0.717, 1.165) is 27.1 Å². The first-order valence-corrected chi connectivity index (χ1v) is 8.66. The molecule has 0 atom stereocenters. The maximum absolute atomic E-state index is 12.4. The van der Waals surface area contributed by atoms with Crippen molar-refractivity contribution in [3.8, 4) is 18.1 Å². The van der Waals surface area contributed by atoms with Crippen LogP contribution in [0, 0.1) is 19.3 Å². The largest absolute Gasteiger partial charge is 0.497 e. The van der Waals surface area contributed by atoms with Gasteiger partial charge in [-0.25, -0.2) is 0 Å². The van der Waals surface area contributed by atoms with Gasteiger partial charge in [0.15, 0.2) is 4.80 Å². The second-order valence-electron chi connectivity index (χ2n) is 5.68. The minimum absolute atomic E-state index is 0.185. The van der Waals surface area contributed by atoms with E-state index < -0.39 is 0 Å². The maximum Gasteiger partial charge on any atom is 0.252 e. The zero-order chi connectivity index (χ0) is 17.8. The summed E-state index contributed by atoms with van der Waals surface area (Å²) >= 11 is 1.44. The Balaban J connectivity index is 2.01. The number of carbonyl (C=O) groups excluding carboxylic acids is 1. The summed E-state index contributed by atoms with van der Waals surface area (Å²) in [6.45, 7) is 2.37. The Morgan fingerprint density at radius 3 is 2.88 bits per heavy atom. The zero-order valence-electron chi connectivity index (χ0n) is 14.2. The average Bonchev–Trinajstić information content (AvgIpc) is 2.91. The van der Waals surface area contributed by atoms with E-state index in [4.69, 9.17) is 11.2 Å². The molecule has 5 heteroatoms. The molecule has 1 aromatic heterocycles. The molecule has 1 amide bonds. The van der Waals surface area contributed by atoms with Gasteiger partial charge in [0.2, 0.25) is 0 Å². The van der Waals surface area contributed by atoms with Gasteiger partial charge >= 0.3 is 0 Å². The molecule has 0 saturated heterocycles. The van der Waals surface area contributed by atoms with Crippen molar-refractivity contribution < 1.29 is 9.53 Å². The maximum atomic E-state index is 12.4. The van der Waals surface area contributed by atoms with Crippen LogP contribution < -0.4 is 9.54 Å². The lowest BCUT2D eigenvalue weighted by atomic mass is 10.1. The van der Waals surface area contributed by atoms with Crippen LogP contribution in [0.4, 0.5) is 0 Å². The SMILES string of the molecule is C#CCn1c(=NC(=O)Cc2cccc(C)c2)sc2cc(OC)ccc21. The molecule has 0 saturated carbocycles. The number of hydrogen-bond acceptors (Lipinski definition) is 3. The first-order valence-electron chi connectivity index (χ1n) is 7.84. The van der Waals surface area contributed by atoms with E-state index in [-0.39, 0.29) is 12.3 Å². The molecule has 0 unspecified atom stereocenters. The second-order valence-corrected chi connectivity index (χ2v) is 6.69. The van der Waals surface area contributed by atoms with E-state index in [2.05, 4.69) is 10.9 Å². The van der Waals surface area contributed by atoms with Crippen molar-refractivity contribution >= 4 is 27.5 Å². The van der Waals surface area contributed by atoms with Gasteiger partial charge < -0.3 is 9.30 Å². The van der Waals surface area contributed by atoms with Crippen LogP contribution in [0.2, 0.25) is 0 Å². The van der Waals surface area contributed by atoms with Crippen molar-refractivity contribution in [3.63, 3.8) is 0 Å². The van der Waals surface area contributed by atoms with Gasteiger partial charge in [-0.15, -0.1) is 6.42 Å². The summed E-state index contributed by atoms with van der Waals surface area (Å²) in [6, 6.07) is 13.6. The molecule has 25 heavy (non-hydrogen) atoms. The number of hydrogen-bond donors (Lipinski definition) is 0. The number of methoxy groups -OCH3 is 1. The number of rotatable bonds is 4. The lowest BCUT2D eigenvalue weighted by molar-refractivity contribution is -0.117. The van der Waals surface area contributed by atoms with E-state index >= 15 is 0 Å². The smallest absolute Gasteiger partial charge is 0.252 e. The average molecular weight is 350 g/mol. The van der Waals surface area contributed by atoms with Crippen LogP contribution in [0.1, 0.15) is 11.1 Å². The van der Waals surface area contributed by atoms with Crippen LogP contribution >= 0.6 is 11.3 Å². The molecule has 0 radical (unpaired) electrons. The standard InChI is InChI=1S/C20H18N2O2S/c1-4-10-22-17-9-8-16(24-3)13-18(17)25-20(22)21-19(23)12-15-7-5-6-14(2)11-15/h1,5-9,11,13H,10,12H2,2-3H3. The normalized spacial score (nSPS) is 11.5. The van der Waals surface area contributed by atoms with E-state index in [9.17, 15) is 4.79 Å². The van der Waals surface area contributed by atoms with Gasteiger partial charge in [0.05, 0.1) is 30.3 Å². The fourth-order valence-electron chi connectivity index (χ4n) is 2.65.